The lowest BCUT2D eigenvalue weighted by molar-refractivity contribution is 0.143. The van der Waals surface area contributed by atoms with Crippen LogP contribution in [0.3, 0.4) is 0 Å². The van der Waals surface area contributed by atoms with Crippen molar-refractivity contribution in [3.63, 3.8) is 0 Å². The van der Waals surface area contributed by atoms with Gasteiger partial charge in [0.1, 0.15) is 6.61 Å². The van der Waals surface area contributed by atoms with E-state index in [1.54, 1.807) is 18.2 Å². The molecule has 0 heterocycles. The molecule has 0 aromatic heterocycles. The molecule has 0 saturated heterocycles. The molecule has 0 spiro atoms. The lowest BCUT2D eigenvalue weighted by Crippen LogP contribution is -2.26. The Morgan fingerprint density at radius 2 is 1.53 bits per heavy atom. The highest BCUT2D eigenvalue weighted by atomic mass is 32.2. The molecule has 1 aliphatic carbocycles. The summed E-state index contributed by atoms with van der Waals surface area (Å²) in [6.07, 6.45) is -0.179. The molecule has 0 saturated carbocycles. The van der Waals surface area contributed by atoms with Crippen molar-refractivity contribution in [3.05, 3.63) is 89.5 Å². The van der Waals surface area contributed by atoms with Gasteiger partial charge in [0.05, 0.1) is 4.90 Å². The van der Waals surface area contributed by atoms with Crippen LogP contribution in [0.1, 0.15) is 29.0 Å². The van der Waals surface area contributed by atoms with Gasteiger partial charge in [0.2, 0.25) is 10.0 Å². The molecule has 6 nitrogen and oxygen atoms in total. The van der Waals surface area contributed by atoms with Gasteiger partial charge in [0.25, 0.3) is 0 Å². The Kier molecular flexibility index (Phi) is 6.26. The van der Waals surface area contributed by atoms with Crippen molar-refractivity contribution in [2.24, 2.45) is 5.14 Å². The average Bonchev–Trinajstić information content (AvgIpc) is 3.11. The maximum absolute atomic E-state index is 12.2. The molecule has 3 aromatic rings. The topological polar surface area (TPSA) is 98.5 Å². The molecule has 0 radical (unpaired) electrons. The van der Waals surface area contributed by atoms with Crippen molar-refractivity contribution < 1.29 is 17.9 Å². The first kappa shape index (κ1) is 21.6. The molecule has 7 heteroatoms. The summed E-state index contributed by atoms with van der Waals surface area (Å²) in [7, 11) is -3.84. The molecule has 32 heavy (non-hydrogen) atoms. The van der Waals surface area contributed by atoms with E-state index in [2.05, 4.69) is 41.4 Å². The smallest absolute Gasteiger partial charge is 0.407 e. The Hall–Kier alpha value is -3.60. The quantitative estimate of drug-likeness (QED) is 0.462. The monoisotopic (exact) mass is 446 g/mol. The molecule has 0 fully saturated rings. The summed E-state index contributed by atoms with van der Waals surface area (Å²) in [6, 6.07) is 22.6. The number of carbonyl (C=O) groups excluding carboxylic acids is 1. The Bertz CT molecular complexity index is 1280. The average molecular weight is 447 g/mol. The zero-order chi connectivity index (χ0) is 22.6. The summed E-state index contributed by atoms with van der Waals surface area (Å²) in [5.41, 5.74) is 4.98. The zero-order valence-electron chi connectivity index (χ0n) is 17.2. The highest BCUT2D eigenvalue weighted by Crippen LogP contribution is 2.44. The molecule has 3 aromatic carbocycles. The predicted molar refractivity (Wildman–Crippen MR) is 122 cm³/mol. The number of nitrogens with two attached hydrogens (primary N) is 1. The summed E-state index contributed by atoms with van der Waals surface area (Å²) in [4.78, 5) is 12.1. The van der Waals surface area contributed by atoms with Crippen LogP contribution in [0.25, 0.3) is 11.1 Å². The molecule has 3 N–H and O–H groups in total. The van der Waals surface area contributed by atoms with Crippen LogP contribution in [0, 0.1) is 11.8 Å². The number of benzene rings is 3. The second-order valence-electron chi connectivity index (χ2n) is 7.35. The van der Waals surface area contributed by atoms with Crippen molar-refractivity contribution in [1.29, 1.82) is 0 Å². The van der Waals surface area contributed by atoms with E-state index in [1.165, 1.54) is 17.2 Å². The minimum Gasteiger partial charge on any atom is -0.449 e. The highest BCUT2D eigenvalue weighted by molar-refractivity contribution is 7.89. The van der Waals surface area contributed by atoms with Gasteiger partial charge in [-0.15, -0.1) is 0 Å². The van der Waals surface area contributed by atoms with Gasteiger partial charge in [-0.25, -0.2) is 18.4 Å². The van der Waals surface area contributed by atoms with Crippen LogP contribution in [-0.2, 0) is 14.8 Å². The summed E-state index contributed by atoms with van der Waals surface area (Å²) in [6.45, 7) is 0.522. The first-order chi connectivity index (χ1) is 15.4. The maximum atomic E-state index is 12.2. The van der Waals surface area contributed by atoms with Gasteiger partial charge >= 0.3 is 6.09 Å². The number of sulfonamides is 1. The largest absolute Gasteiger partial charge is 0.449 e. The fourth-order valence-electron chi connectivity index (χ4n) is 3.85. The highest BCUT2D eigenvalue weighted by Gasteiger charge is 2.28. The Labute approximate surface area is 187 Å². The maximum Gasteiger partial charge on any atom is 0.407 e. The van der Waals surface area contributed by atoms with E-state index in [9.17, 15) is 13.2 Å². The van der Waals surface area contributed by atoms with Crippen LogP contribution in [0.4, 0.5) is 4.79 Å². The van der Waals surface area contributed by atoms with E-state index in [1.807, 2.05) is 24.3 Å². The van der Waals surface area contributed by atoms with Crippen molar-refractivity contribution in [1.82, 2.24) is 5.32 Å². The van der Waals surface area contributed by atoms with Crippen LogP contribution in [-0.4, -0.2) is 27.7 Å². The zero-order valence-corrected chi connectivity index (χ0v) is 18.1. The molecular weight excluding hydrogens is 424 g/mol. The number of alkyl carbamates (subject to hydrolysis) is 1. The molecular formula is C25H22N2O4S. The molecule has 162 valence electrons. The third kappa shape index (κ3) is 4.67. The molecule has 4 rings (SSSR count). The molecule has 1 amide bonds. The summed E-state index contributed by atoms with van der Waals surface area (Å²) < 4.78 is 28.7. The van der Waals surface area contributed by atoms with Crippen LogP contribution in [0.5, 0.6) is 0 Å². The van der Waals surface area contributed by atoms with Crippen molar-refractivity contribution in [2.45, 2.75) is 17.2 Å². The standard InChI is InChI=1S/C25H22N2O4S/c26-32(29,30)24-15-6-1-9-18(24)10-7-8-16-27-25(28)31-17-23-21-13-4-2-11-19(21)20-12-3-5-14-22(20)23/h1-6,9,11-15,23H,8,16-17H2,(H,27,28)(H2,26,29,30). The third-order valence-electron chi connectivity index (χ3n) is 5.28. The summed E-state index contributed by atoms with van der Waals surface area (Å²) in [5, 5.41) is 7.88. The number of primary sulfonamides is 1. The SMILES string of the molecule is NS(=O)(=O)c1ccccc1C#CCCNC(=O)OCC1c2ccccc2-c2ccccc21. The minimum absolute atomic E-state index is 0.00246. The Balaban J connectivity index is 1.31. The number of fused-ring (bicyclic) bond motifs is 3. The van der Waals surface area contributed by atoms with E-state index >= 15 is 0 Å². The van der Waals surface area contributed by atoms with Gasteiger partial charge in [-0.05, 0) is 34.4 Å². The number of carbonyl (C=O) groups is 1. The van der Waals surface area contributed by atoms with E-state index < -0.39 is 16.1 Å². The van der Waals surface area contributed by atoms with Crippen molar-refractivity contribution in [3.8, 4) is 23.0 Å². The van der Waals surface area contributed by atoms with Crippen LogP contribution in [0.2, 0.25) is 0 Å². The number of hydrogen-bond donors (Lipinski definition) is 2. The third-order valence-corrected chi connectivity index (χ3v) is 6.25. The van der Waals surface area contributed by atoms with Crippen molar-refractivity contribution >= 4 is 16.1 Å². The van der Waals surface area contributed by atoms with Crippen molar-refractivity contribution in [2.75, 3.05) is 13.2 Å². The number of ether oxygens (including phenoxy) is 1. The number of rotatable bonds is 5. The van der Waals surface area contributed by atoms with Crippen LogP contribution >= 0.6 is 0 Å². The number of hydrogen-bond acceptors (Lipinski definition) is 4. The molecule has 0 aliphatic heterocycles. The second kappa shape index (κ2) is 9.27. The fourth-order valence-corrected chi connectivity index (χ4v) is 4.55. The summed E-state index contributed by atoms with van der Waals surface area (Å²) >= 11 is 0. The first-order valence-electron chi connectivity index (χ1n) is 10.1. The fraction of sp³-hybridized carbons (Fsp3) is 0.160. The molecule has 0 bridgehead atoms. The van der Waals surface area contributed by atoms with Crippen LogP contribution < -0.4 is 10.5 Å². The normalized spacial score (nSPS) is 12.3. The lowest BCUT2D eigenvalue weighted by Gasteiger charge is -2.14. The second-order valence-corrected chi connectivity index (χ2v) is 8.88. The number of amides is 1. The molecule has 0 unspecified atom stereocenters. The molecule has 1 aliphatic rings. The van der Waals surface area contributed by atoms with Gasteiger partial charge < -0.3 is 10.1 Å². The van der Waals surface area contributed by atoms with Gasteiger partial charge in [-0.2, -0.15) is 0 Å². The lowest BCUT2D eigenvalue weighted by atomic mass is 9.98. The van der Waals surface area contributed by atoms with Gasteiger partial charge in [-0.3, -0.25) is 0 Å². The predicted octanol–water partition coefficient (Wildman–Crippen LogP) is 3.61. The number of nitrogens with one attached hydrogen (secondary N) is 1. The van der Waals surface area contributed by atoms with E-state index in [0.717, 1.165) is 11.1 Å². The van der Waals surface area contributed by atoms with Gasteiger partial charge in [0, 0.05) is 24.4 Å². The van der Waals surface area contributed by atoms with Gasteiger partial charge in [0.15, 0.2) is 0 Å². The van der Waals surface area contributed by atoms with Crippen LogP contribution in [0.15, 0.2) is 77.7 Å². The minimum atomic E-state index is -3.84. The molecule has 0 atom stereocenters. The van der Waals surface area contributed by atoms with E-state index in [4.69, 9.17) is 9.88 Å². The van der Waals surface area contributed by atoms with E-state index in [0.29, 0.717) is 12.0 Å². The first-order valence-corrected chi connectivity index (χ1v) is 11.7. The Morgan fingerprint density at radius 1 is 0.938 bits per heavy atom. The Morgan fingerprint density at radius 3 is 2.19 bits per heavy atom. The van der Waals surface area contributed by atoms with E-state index in [-0.39, 0.29) is 24.0 Å². The van der Waals surface area contributed by atoms with Gasteiger partial charge in [-0.1, -0.05) is 72.5 Å². The summed E-state index contributed by atoms with van der Waals surface area (Å²) in [5.74, 6) is 5.65.